The largest absolute Gasteiger partial charge is 0.393 e. The molecule has 2 N–H and O–H groups in total. The van der Waals surface area contributed by atoms with Crippen molar-refractivity contribution in [3.05, 3.63) is 17.5 Å². The van der Waals surface area contributed by atoms with Crippen LogP contribution in [0, 0.1) is 18.8 Å². The summed E-state index contributed by atoms with van der Waals surface area (Å²) in [6.07, 6.45) is 6.70. The van der Waals surface area contributed by atoms with Gasteiger partial charge >= 0.3 is 6.03 Å². The van der Waals surface area contributed by atoms with Crippen LogP contribution < -0.4 is 5.32 Å². The van der Waals surface area contributed by atoms with Crippen LogP contribution in [0.4, 0.5) is 4.79 Å². The number of nitrogens with one attached hydrogen (secondary N) is 1. The smallest absolute Gasteiger partial charge is 0.318 e. The normalized spacial score (nSPS) is 31.2. The fourth-order valence-electron chi connectivity index (χ4n) is 4.70. The number of rotatable bonds is 3. The lowest BCUT2D eigenvalue weighted by Gasteiger charge is -2.39. The molecule has 25 heavy (non-hydrogen) atoms. The maximum atomic E-state index is 12.9. The molecule has 1 aliphatic heterocycles. The summed E-state index contributed by atoms with van der Waals surface area (Å²) in [5, 5.41) is 18.0. The summed E-state index contributed by atoms with van der Waals surface area (Å²) in [7, 11) is 1.90. The summed E-state index contributed by atoms with van der Waals surface area (Å²) in [6, 6.07) is 0.0845. The number of amides is 2. The Balaban J connectivity index is 1.67. The minimum absolute atomic E-state index is 0.0105. The van der Waals surface area contributed by atoms with Crippen LogP contribution in [0.1, 0.15) is 63.3 Å². The van der Waals surface area contributed by atoms with Gasteiger partial charge in [-0.3, -0.25) is 4.68 Å². The Morgan fingerprint density at radius 2 is 2.16 bits per heavy atom. The second-order valence-electron chi connectivity index (χ2n) is 8.07. The van der Waals surface area contributed by atoms with Crippen LogP contribution in [0.3, 0.4) is 0 Å². The molecule has 1 saturated carbocycles. The molecule has 1 aromatic heterocycles. The van der Waals surface area contributed by atoms with Crippen LogP contribution in [0.5, 0.6) is 0 Å². The van der Waals surface area contributed by atoms with Crippen molar-refractivity contribution in [1.82, 2.24) is 20.0 Å². The Hall–Kier alpha value is -1.56. The summed E-state index contributed by atoms with van der Waals surface area (Å²) in [6.45, 7) is 7.01. The molecule has 140 valence electrons. The first-order valence-electron chi connectivity index (χ1n) is 9.62. The fraction of sp³-hybridized carbons (Fsp3) is 0.789. The number of aryl methyl sites for hydroxylation is 2. The van der Waals surface area contributed by atoms with Gasteiger partial charge in [-0.1, -0.05) is 6.92 Å². The Morgan fingerprint density at radius 3 is 2.84 bits per heavy atom. The molecular formula is C19H32N4O2. The summed E-state index contributed by atoms with van der Waals surface area (Å²) in [4.78, 5) is 14.9. The molecule has 0 bridgehead atoms. The van der Waals surface area contributed by atoms with Crippen molar-refractivity contribution < 1.29 is 9.90 Å². The summed E-state index contributed by atoms with van der Waals surface area (Å²) >= 11 is 0. The second kappa shape index (κ2) is 7.36. The van der Waals surface area contributed by atoms with Crippen LogP contribution in [0.25, 0.3) is 0 Å². The lowest BCUT2D eigenvalue weighted by atomic mass is 9.76. The van der Waals surface area contributed by atoms with E-state index < -0.39 is 0 Å². The predicted octanol–water partition coefficient (Wildman–Crippen LogP) is 2.76. The Bertz CT molecular complexity index is 615. The molecule has 0 spiro atoms. The average molecular weight is 348 g/mol. The highest BCUT2D eigenvalue weighted by Gasteiger charge is 2.40. The first kappa shape index (κ1) is 18.2. The van der Waals surface area contributed by atoms with Crippen LogP contribution in [-0.4, -0.2) is 44.5 Å². The highest BCUT2D eigenvalue weighted by molar-refractivity contribution is 5.75. The molecule has 2 fully saturated rings. The van der Waals surface area contributed by atoms with Gasteiger partial charge in [-0.05, 0) is 51.9 Å². The van der Waals surface area contributed by atoms with Gasteiger partial charge in [0.25, 0.3) is 0 Å². The van der Waals surface area contributed by atoms with E-state index in [0.717, 1.165) is 49.9 Å². The fourth-order valence-corrected chi connectivity index (χ4v) is 4.70. The van der Waals surface area contributed by atoms with E-state index in [1.54, 1.807) is 4.68 Å². The SMILES string of the molecule is Cc1nn(C)cc1[C@H](C)NC(=O)N1CCC[C@@H]1[C@@H]1C[C@@H](C)CC[C@H]1O. The number of nitrogens with zero attached hydrogens (tertiary/aromatic N) is 3. The van der Waals surface area contributed by atoms with Crippen molar-refractivity contribution >= 4 is 6.03 Å². The van der Waals surface area contributed by atoms with Crippen LogP contribution in [0.15, 0.2) is 6.20 Å². The van der Waals surface area contributed by atoms with E-state index >= 15 is 0 Å². The van der Waals surface area contributed by atoms with E-state index in [4.69, 9.17) is 0 Å². The third kappa shape index (κ3) is 3.84. The minimum Gasteiger partial charge on any atom is -0.393 e. The molecule has 1 aliphatic carbocycles. The number of aliphatic hydroxyl groups is 1. The van der Waals surface area contributed by atoms with Crippen molar-refractivity contribution in [2.75, 3.05) is 6.54 Å². The third-order valence-corrected chi connectivity index (χ3v) is 6.04. The van der Waals surface area contributed by atoms with Crippen LogP contribution in [0.2, 0.25) is 0 Å². The quantitative estimate of drug-likeness (QED) is 0.882. The van der Waals surface area contributed by atoms with E-state index in [1.807, 2.05) is 32.0 Å². The highest BCUT2D eigenvalue weighted by Crippen LogP contribution is 2.37. The molecule has 1 saturated heterocycles. The van der Waals surface area contributed by atoms with Gasteiger partial charge in [0.15, 0.2) is 0 Å². The Morgan fingerprint density at radius 1 is 1.40 bits per heavy atom. The molecule has 6 heteroatoms. The third-order valence-electron chi connectivity index (χ3n) is 6.04. The van der Waals surface area contributed by atoms with Gasteiger partial charge in [0.1, 0.15) is 0 Å². The zero-order valence-electron chi connectivity index (χ0n) is 15.9. The maximum Gasteiger partial charge on any atom is 0.318 e. The van der Waals surface area contributed by atoms with Gasteiger partial charge in [-0.25, -0.2) is 4.79 Å². The minimum atomic E-state index is -0.271. The summed E-state index contributed by atoms with van der Waals surface area (Å²) in [5.41, 5.74) is 2.00. The Kier molecular flexibility index (Phi) is 5.37. The number of likely N-dealkylation sites (tertiary alicyclic amines) is 1. The van der Waals surface area contributed by atoms with Crippen molar-refractivity contribution in [3.8, 4) is 0 Å². The molecular weight excluding hydrogens is 316 g/mol. The molecule has 3 rings (SSSR count). The summed E-state index contributed by atoms with van der Waals surface area (Å²) in [5.74, 6) is 0.850. The molecule has 0 unspecified atom stereocenters. The number of urea groups is 1. The molecule has 2 aliphatic rings. The molecule has 2 heterocycles. The van der Waals surface area contributed by atoms with Gasteiger partial charge in [-0.15, -0.1) is 0 Å². The van der Waals surface area contributed by atoms with Crippen molar-refractivity contribution in [3.63, 3.8) is 0 Å². The van der Waals surface area contributed by atoms with E-state index in [-0.39, 0.29) is 30.1 Å². The standard InChI is InChI=1S/C19H32N4O2/c1-12-7-8-18(24)15(10-12)17-6-5-9-23(17)19(25)20-13(2)16-11-22(4)21-14(16)3/h11-13,15,17-18,24H,5-10H2,1-4H3,(H,20,25)/t12-,13-,15-,17+,18+/m0/s1. The van der Waals surface area contributed by atoms with Crippen LogP contribution >= 0.6 is 0 Å². The molecule has 5 atom stereocenters. The van der Waals surface area contributed by atoms with E-state index in [9.17, 15) is 9.90 Å². The zero-order valence-corrected chi connectivity index (χ0v) is 15.9. The van der Waals surface area contributed by atoms with Gasteiger partial charge in [0.05, 0.1) is 17.8 Å². The number of aromatic nitrogens is 2. The van der Waals surface area contributed by atoms with Crippen molar-refractivity contribution in [2.45, 2.75) is 71.1 Å². The first-order valence-corrected chi connectivity index (χ1v) is 9.62. The topological polar surface area (TPSA) is 70.4 Å². The zero-order chi connectivity index (χ0) is 18.1. The van der Waals surface area contributed by atoms with E-state index in [0.29, 0.717) is 5.92 Å². The lowest BCUT2D eigenvalue weighted by Crippen LogP contribution is -2.50. The average Bonchev–Trinajstić information content (AvgIpc) is 3.16. The van der Waals surface area contributed by atoms with Gasteiger partial charge in [-0.2, -0.15) is 5.10 Å². The molecule has 2 amide bonds. The van der Waals surface area contributed by atoms with E-state index in [2.05, 4.69) is 17.3 Å². The second-order valence-corrected chi connectivity index (χ2v) is 8.07. The van der Waals surface area contributed by atoms with E-state index in [1.165, 1.54) is 0 Å². The molecule has 6 nitrogen and oxygen atoms in total. The maximum absolute atomic E-state index is 12.9. The Labute approximate surface area is 150 Å². The number of hydrogen-bond donors (Lipinski definition) is 2. The monoisotopic (exact) mass is 348 g/mol. The predicted molar refractivity (Wildman–Crippen MR) is 97.1 cm³/mol. The molecule has 1 aromatic rings. The lowest BCUT2D eigenvalue weighted by molar-refractivity contribution is 0.0151. The van der Waals surface area contributed by atoms with Crippen molar-refractivity contribution in [1.29, 1.82) is 0 Å². The number of carbonyl (C=O) groups excluding carboxylic acids is 1. The number of aliphatic hydroxyl groups excluding tert-OH is 1. The summed E-state index contributed by atoms with van der Waals surface area (Å²) < 4.78 is 1.78. The molecule has 0 aromatic carbocycles. The van der Waals surface area contributed by atoms with Gasteiger partial charge in [0, 0.05) is 37.3 Å². The van der Waals surface area contributed by atoms with Gasteiger partial charge in [0.2, 0.25) is 0 Å². The van der Waals surface area contributed by atoms with Gasteiger partial charge < -0.3 is 15.3 Å². The first-order chi connectivity index (χ1) is 11.9. The van der Waals surface area contributed by atoms with Crippen molar-refractivity contribution in [2.24, 2.45) is 18.9 Å². The number of hydrogen-bond acceptors (Lipinski definition) is 3. The molecule has 0 radical (unpaired) electrons. The van der Waals surface area contributed by atoms with Crippen LogP contribution in [-0.2, 0) is 7.05 Å². The number of carbonyl (C=O) groups is 1. The highest BCUT2D eigenvalue weighted by atomic mass is 16.3.